The third-order valence-electron chi connectivity index (χ3n) is 2.90. The lowest BCUT2D eigenvalue weighted by molar-refractivity contribution is -0.136. The first-order chi connectivity index (χ1) is 10.1. The number of hydrogen-bond acceptors (Lipinski definition) is 3. The molecule has 0 spiro atoms. The van der Waals surface area contributed by atoms with Crippen LogP contribution in [0.4, 0.5) is 0 Å². The Bertz CT molecular complexity index is 623. The second-order valence-corrected chi connectivity index (χ2v) is 5.39. The van der Waals surface area contributed by atoms with E-state index in [1.165, 1.54) is 0 Å². The lowest BCUT2D eigenvalue weighted by Gasteiger charge is -2.11. The van der Waals surface area contributed by atoms with Gasteiger partial charge in [-0.2, -0.15) is 0 Å². The third kappa shape index (κ3) is 4.49. The standard InChI is InChI=1S/C16H15BrO4/c1-20-15-9-13(17)6-7-14(15)21-10-12-4-2-11(3-5-12)8-16(18)19/h2-7,9H,8,10H2,1H3,(H,18,19). The smallest absolute Gasteiger partial charge is 0.307 e. The summed E-state index contributed by atoms with van der Waals surface area (Å²) in [5.74, 6) is 0.487. The van der Waals surface area contributed by atoms with Gasteiger partial charge in [0.2, 0.25) is 0 Å². The van der Waals surface area contributed by atoms with Gasteiger partial charge in [0.25, 0.3) is 0 Å². The highest BCUT2D eigenvalue weighted by molar-refractivity contribution is 9.10. The first-order valence-corrected chi connectivity index (χ1v) is 7.13. The molecule has 1 N–H and O–H groups in total. The number of carboxylic acids is 1. The van der Waals surface area contributed by atoms with Crippen LogP contribution < -0.4 is 9.47 Å². The lowest BCUT2D eigenvalue weighted by Crippen LogP contribution is -2.01. The van der Waals surface area contributed by atoms with Gasteiger partial charge in [-0.25, -0.2) is 0 Å². The molecule has 5 heteroatoms. The lowest BCUT2D eigenvalue weighted by atomic mass is 10.1. The molecule has 2 aromatic rings. The van der Waals surface area contributed by atoms with Gasteiger partial charge in [0.05, 0.1) is 13.5 Å². The molecule has 0 aliphatic heterocycles. The van der Waals surface area contributed by atoms with Crippen LogP contribution >= 0.6 is 15.9 Å². The Labute approximate surface area is 131 Å². The van der Waals surface area contributed by atoms with Crippen molar-refractivity contribution in [2.24, 2.45) is 0 Å². The number of rotatable bonds is 6. The average molecular weight is 351 g/mol. The van der Waals surface area contributed by atoms with Gasteiger partial charge < -0.3 is 14.6 Å². The maximum Gasteiger partial charge on any atom is 0.307 e. The molecular weight excluding hydrogens is 336 g/mol. The highest BCUT2D eigenvalue weighted by Crippen LogP contribution is 2.30. The zero-order chi connectivity index (χ0) is 15.2. The molecule has 110 valence electrons. The van der Waals surface area contributed by atoms with E-state index in [0.717, 1.165) is 15.6 Å². The highest BCUT2D eigenvalue weighted by atomic mass is 79.9. The van der Waals surface area contributed by atoms with Crippen molar-refractivity contribution in [2.75, 3.05) is 7.11 Å². The number of halogens is 1. The molecular formula is C16H15BrO4. The first-order valence-electron chi connectivity index (χ1n) is 6.34. The van der Waals surface area contributed by atoms with E-state index in [9.17, 15) is 4.79 Å². The molecule has 0 aliphatic rings. The Morgan fingerprint density at radius 2 is 1.76 bits per heavy atom. The van der Waals surface area contributed by atoms with E-state index in [1.54, 1.807) is 19.2 Å². The summed E-state index contributed by atoms with van der Waals surface area (Å²) >= 11 is 3.38. The summed E-state index contributed by atoms with van der Waals surface area (Å²) in [6.07, 6.45) is 0.0294. The van der Waals surface area contributed by atoms with Crippen molar-refractivity contribution in [1.29, 1.82) is 0 Å². The molecule has 0 unspecified atom stereocenters. The Morgan fingerprint density at radius 1 is 1.10 bits per heavy atom. The molecule has 0 saturated heterocycles. The Morgan fingerprint density at radius 3 is 2.38 bits per heavy atom. The van der Waals surface area contributed by atoms with Gasteiger partial charge in [0, 0.05) is 4.47 Å². The summed E-state index contributed by atoms with van der Waals surface area (Å²) in [6.45, 7) is 0.394. The molecule has 0 aromatic heterocycles. The number of hydrogen-bond donors (Lipinski definition) is 1. The second-order valence-electron chi connectivity index (χ2n) is 4.47. The molecule has 0 saturated carbocycles. The summed E-state index contributed by atoms with van der Waals surface area (Å²) in [6, 6.07) is 12.9. The fourth-order valence-corrected chi connectivity index (χ4v) is 2.19. The number of benzene rings is 2. The number of aliphatic carboxylic acids is 1. The molecule has 0 heterocycles. The van der Waals surface area contributed by atoms with Gasteiger partial charge in [-0.15, -0.1) is 0 Å². The minimum Gasteiger partial charge on any atom is -0.493 e. The number of carboxylic acid groups (broad SMARTS) is 1. The Kier molecular flexibility index (Phi) is 5.22. The van der Waals surface area contributed by atoms with Crippen LogP contribution in [0.3, 0.4) is 0 Å². The van der Waals surface area contributed by atoms with Crippen LogP contribution in [0, 0.1) is 0 Å². The normalized spacial score (nSPS) is 10.2. The van der Waals surface area contributed by atoms with Gasteiger partial charge in [0.15, 0.2) is 11.5 Å². The molecule has 2 rings (SSSR count). The molecule has 0 bridgehead atoms. The van der Waals surface area contributed by atoms with Gasteiger partial charge >= 0.3 is 5.97 Å². The van der Waals surface area contributed by atoms with E-state index < -0.39 is 5.97 Å². The maximum absolute atomic E-state index is 10.6. The largest absolute Gasteiger partial charge is 0.493 e. The molecule has 2 aromatic carbocycles. The van der Waals surface area contributed by atoms with Crippen molar-refractivity contribution in [3.63, 3.8) is 0 Å². The van der Waals surface area contributed by atoms with Gasteiger partial charge in [-0.05, 0) is 29.3 Å². The van der Waals surface area contributed by atoms with E-state index >= 15 is 0 Å². The molecule has 0 fully saturated rings. The third-order valence-corrected chi connectivity index (χ3v) is 3.39. The summed E-state index contributed by atoms with van der Waals surface area (Å²) in [4.78, 5) is 10.6. The average Bonchev–Trinajstić information content (AvgIpc) is 2.46. The van der Waals surface area contributed by atoms with Crippen LogP contribution in [-0.2, 0) is 17.8 Å². The van der Waals surface area contributed by atoms with Gasteiger partial charge in [-0.3, -0.25) is 4.79 Å². The summed E-state index contributed by atoms with van der Waals surface area (Å²) in [5.41, 5.74) is 1.74. The van der Waals surface area contributed by atoms with Gasteiger partial charge in [0.1, 0.15) is 6.61 Å². The minimum absolute atomic E-state index is 0.0294. The van der Waals surface area contributed by atoms with Crippen LogP contribution in [0.5, 0.6) is 11.5 Å². The van der Waals surface area contributed by atoms with E-state index in [0.29, 0.717) is 18.1 Å². The molecule has 0 atom stereocenters. The van der Waals surface area contributed by atoms with E-state index in [1.807, 2.05) is 30.3 Å². The quantitative estimate of drug-likeness (QED) is 0.863. The zero-order valence-corrected chi connectivity index (χ0v) is 13.1. The van der Waals surface area contributed by atoms with Crippen molar-refractivity contribution in [2.45, 2.75) is 13.0 Å². The van der Waals surface area contributed by atoms with Crippen LogP contribution in [0.25, 0.3) is 0 Å². The maximum atomic E-state index is 10.6. The summed E-state index contributed by atoms with van der Waals surface area (Å²) in [5, 5.41) is 8.73. The highest BCUT2D eigenvalue weighted by Gasteiger charge is 2.06. The number of methoxy groups -OCH3 is 1. The van der Waals surface area contributed by atoms with Crippen LogP contribution in [0.15, 0.2) is 46.9 Å². The molecule has 0 aliphatic carbocycles. The van der Waals surface area contributed by atoms with E-state index in [2.05, 4.69) is 15.9 Å². The summed E-state index contributed by atoms with van der Waals surface area (Å²) < 4.78 is 11.9. The fourth-order valence-electron chi connectivity index (χ4n) is 1.85. The second kappa shape index (κ2) is 7.13. The predicted octanol–water partition coefficient (Wildman–Crippen LogP) is 3.66. The van der Waals surface area contributed by atoms with Crippen molar-refractivity contribution >= 4 is 21.9 Å². The first kappa shape index (κ1) is 15.4. The molecule has 0 amide bonds. The van der Waals surface area contributed by atoms with Crippen molar-refractivity contribution in [1.82, 2.24) is 0 Å². The zero-order valence-electron chi connectivity index (χ0n) is 11.5. The summed E-state index contributed by atoms with van der Waals surface area (Å²) in [7, 11) is 1.59. The van der Waals surface area contributed by atoms with Crippen LogP contribution in [-0.4, -0.2) is 18.2 Å². The molecule has 21 heavy (non-hydrogen) atoms. The van der Waals surface area contributed by atoms with Gasteiger partial charge in [-0.1, -0.05) is 40.2 Å². The topological polar surface area (TPSA) is 55.8 Å². The van der Waals surface area contributed by atoms with Crippen LogP contribution in [0.2, 0.25) is 0 Å². The van der Waals surface area contributed by atoms with E-state index in [-0.39, 0.29) is 6.42 Å². The molecule has 4 nitrogen and oxygen atoms in total. The van der Waals surface area contributed by atoms with Crippen molar-refractivity contribution in [3.05, 3.63) is 58.1 Å². The fraction of sp³-hybridized carbons (Fsp3) is 0.188. The van der Waals surface area contributed by atoms with Crippen LogP contribution in [0.1, 0.15) is 11.1 Å². The monoisotopic (exact) mass is 350 g/mol. The predicted molar refractivity (Wildman–Crippen MR) is 82.8 cm³/mol. The van der Waals surface area contributed by atoms with Crippen molar-refractivity contribution in [3.8, 4) is 11.5 Å². The number of ether oxygens (including phenoxy) is 2. The number of carbonyl (C=O) groups is 1. The molecule has 0 radical (unpaired) electrons. The van der Waals surface area contributed by atoms with Crippen molar-refractivity contribution < 1.29 is 19.4 Å². The Balaban J connectivity index is 2.01. The Hall–Kier alpha value is -2.01. The minimum atomic E-state index is -0.835. The van der Waals surface area contributed by atoms with E-state index in [4.69, 9.17) is 14.6 Å². The SMILES string of the molecule is COc1cc(Br)ccc1OCc1ccc(CC(=O)O)cc1.